The van der Waals surface area contributed by atoms with Crippen LogP contribution >= 0.6 is 39.0 Å². The van der Waals surface area contributed by atoms with Crippen molar-refractivity contribution < 1.29 is 27.5 Å². The molecule has 3 aromatic carbocycles. The van der Waals surface area contributed by atoms with Crippen LogP contribution in [0.25, 0.3) is 0 Å². The summed E-state index contributed by atoms with van der Waals surface area (Å²) in [4.78, 5) is 45.4. The second kappa shape index (κ2) is 10.8. The van der Waals surface area contributed by atoms with E-state index in [0.29, 0.717) is 18.8 Å². The molecule has 3 fully saturated rings. The van der Waals surface area contributed by atoms with Crippen LogP contribution < -0.4 is 14.5 Å². The first-order valence-corrected chi connectivity index (χ1v) is 17.4. The Morgan fingerprint density at radius 1 is 0.978 bits per heavy atom. The minimum atomic E-state index is -4.60. The van der Waals surface area contributed by atoms with E-state index in [-0.39, 0.29) is 39.5 Å². The summed E-state index contributed by atoms with van der Waals surface area (Å²) in [7, 11) is 0. The number of amides is 2. The summed E-state index contributed by atoms with van der Waals surface area (Å²) in [6.45, 7) is 2.38. The number of thiazole rings is 1. The highest BCUT2D eigenvalue weighted by Crippen LogP contribution is 2.69. The number of carbonyl (C=O) groups is 2. The maximum absolute atomic E-state index is 14.1. The number of thioether (sulfide) groups is 1. The molecule has 2 aliphatic carbocycles. The van der Waals surface area contributed by atoms with Gasteiger partial charge < -0.3 is 9.72 Å². The van der Waals surface area contributed by atoms with Gasteiger partial charge >= 0.3 is 11.0 Å². The number of anilines is 1. The number of aromatic amines is 1. The number of aryl methyl sites for hydroxylation is 1. The quantitative estimate of drug-likeness (QED) is 0.213. The van der Waals surface area contributed by atoms with Crippen LogP contribution in [0, 0.1) is 36.5 Å². The molecule has 0 radical (unpaired) electrons. The Labute approximate surface area is 278 Å². The molecular formula is C34H26BrF3N2O4S2. The minimum absolute atomic E-state index is 0.0480. The molecule has 1 N–H and O–H groups in total. The highest BCUT2D eigenvalue weighted by molar-refractivity contribution is 9.10. The Hall–Kier alpha value is -3.35. The smallest absolute Gasteiger partial charge is 0.416 e. The Morgan fingerprint density at radius 3 is 2.50 bits per heavy atom. The summed E-state index contributed by atoms with van der Waals surface area (Å²) in [6, 6.07) is 18.3. The van der Waals surface area contributed by atoms with E-state index < -0.39 is 35.4 Å². The van der Waals surface area contributed by atoms with Crippen molar-refractivity contribution in [2.24, 2.45) is 29.6 Å². The Balaban J connectivity index is 1.19. The molecule has 2 saturated carbocycles. The highest BCUT2D eigenvalue weighted by Gasteiger charge is 2.70. The Bertz CT molecular complexity index is 1980. The van der Waals surface area contributed by atoms with Crippen LogP contribution in [0.1, 0.15) is 39.5 Å². The van der Waals surface area contributed by atoms with Gasteiger partial charge in [0, 0.05) is 26.1 Å². The van der Waals surface area contributed by atoms with Crippen molar-refractivity contribution in [1.82, 2.24) is 4.98 Å². The van der Waals surface area contributed by atoms with Gasteiger partial charge in [0.15, 0.2) is 0 Å². The fourth-order valence-electron chi connectivity index (χ4n) is 8.26. The number of benzene rings is 3. The van der Waals surface area contributed by atoms with Crippen molar-refractivity contribution in [3.63, 3.8) is 0 Å². The lowest BCUT2D eigenvalue weighted by molar-refractivity contribution is -0.137. The number of hydrogen-bond donors (Lipinski definition) is 1. The predicted molar refractivity (Wildman–Crippen MR) is 172 cm³/mol. The molecule has 0 spiro atoms. The normalized spacial score (nSPS) is 27.9. The molecule has 1 saturated heterocycles. The maximum atomic E-state index is 14.1. The maximum Gasteiger partial charge on any atom is 0.416 e. The fraction of sp³-hybridized carbons (Fsp3) is 0.324. The van der Waals surface area contributed by atoms with Gasteiger partial charge in [-0.2, -0.15) is 13.2 Å². The lowest BCUT2D eigenvalue weighted by Crippen LogP contribution is -2.42. The molecule has 1 aromatic heterocycles. The highest BCUT2D eigenvalue weighted by atomic mass is 79.9. The zero-order valence-electron chi connectivity index (χ0n) is 24.2. The van der Waals surface area contributed by atoms with Gasteiger partial charge in [0.05, 0.1) is 28.1 Å². The number of imide groups is 1. The van der Waals surface area contributed by atoms with Crippen LogP contribution in [0.4, 0.5) is 18.9 Å². The van der Waals surface area contributed by atoms with Gasteiger partial charge in [0.25, 0.3) is 0 Å². The molecule has 46 heavy (non-hydrogen) atoms. The van der Waals surface area contributed by atoms with Crippen LogP contribution in [-0.4, -0.2) is 22.0 Å². The first kappa shape index (κ1) is 30.0. The molecule has 4 aliphatic rings. The molecule has 4 aromatic rings. The third-order valence-electron chi connectivity index (χ3n) is 10.1. The van der Waals surface area contributed by atoms with Gasteiger partial charge in [-0.3, -0.25) is 19.3 Å². The van der Waals surface area contributed by atoms with Gasteiger partial charge in [0.2, 0.25) is 11.8 Å². The molecule has 8 rings (SSSR count). The lowest BCUT2D eigenvalue weighted by atomic mass is 9.68. The number of halogens is 4. The number of H-pyrrole nitrogens is 1. The summed E-state index contributed by atoms with van der Waals surface area (Å²) < 4.78 is 48.0. The average molecular weight is 728 g/mol. The third-order valence-corrected chi connectivity index (χ3v) is 13.2. The van der Waals surface area contributed by atoms with Crippen LogP contribution in [0.3, 0.4) is 0 Å². The number of ether oxygens (including phenoxy) is 1. The van der Waals surface area contributed by atoms with Gasteiger partial charge in [-0.1, -0.05) is 57.6 Å². The lowest BCUT2D eigenvalue weighted by Gasteiger charge is -2.43. The van der Waals surface area contributed by atoms with Crippen LogP contribution in [-0.2, 0) is 22.4 Å². The number of rotatable bonds is 5. The van der Waals surface area contributed by atoms with E-state index in [1.54, 1.807) is 11.8 Å². The van der Waals surface area contributed by atoms with Crippen LogP contribution in [0.2, 0.25) is 0 Å². The average Bonchev–Trinajstić information content (AvgIpc) is 3.75. The number of nitrogens with zero attached hydrogens (tertiary/aromatic N) is 1. The second-order valence-electron chi connectivity index (χ2n) is 12.4. The van der Waals surface area contributed by atoms with Gasteiger partial charge in [0.1, 0.15) is 12.4 Å². The van der Waals surface area contributed by atoms with Crippen molar-refractivity contribution >= 4 is 56.5 Å². The third kappa shape index (κ3) is 4.62. The molecule has 2 aliphatic heterocycles. The van der Waals surface area contributed by atoms with E-state index in [1.807, 2.05) is 49.4 Å². The zero-order chi connectivity index (χ0) is 32.1. The van der Waals surface area contributed by atoms with E-state index in [1.165, 1.54) is 12.1 Å². The van der Waals surface area contributed by atoms with E-state index in [9.17, 15) is 27.6 Å². The largest absolute Gasteiger partial charge is 0.489 e. The molecule has 6 nitrogen and oxygen atoms in total. The summed E-state index contributed by atoms with van der Waals surface area (Å²) in [5.41, 5.74) is 2.10. The number of carbonyl (C=O) groups excluding carboxylic acids is 2. The summed E-state index contributed by atoms with van der Waals surface area (Å²) in [6.07, 6.45) is -3.94. The van der Waals surface area contributed by atoms with Gasteiger partial charge in [-0.25, -0.2) is 0 Å². The van der Waals surface area contributed by atoms with Gasteiger partial charge in [-0.05, 0) is 78.6 Å². The predicted octanol–water partition coefficient (Wildman–Crippen LogP) is 7.78. The van der Waals surface area contributed by atoms with Crippen molar-refractivity contribution in [2.45, 2.75) is 42.3 Å². The number of nitrogens with one attached hydrogen (secondary N) is 1. The number of aromatic nitrogens is 1. The van der Waals surface area contributed by atoms with Crippen molar-refractivity contribution in [1.29, 1.82) is 0 Å². The summed E-state index contributed by atoms with van der Waals surface area (Å²) in [5.74, 6) is -2.20. The van der Waals surface area contributed by atoms with E-state index in [4.69, 9.17) is 4.74 Å². The first-order chi connectivity index (χ1) is 22.0. The van der Waals surface area contributed by atoms with Gasteiger partial charge in [-0.15, -0.1) is 11.8 Å². The fourth-order valence-corrected chi connectivity index (χ4v) is 11.5. The second-order valence-corrected chi connectivity index (χ2v) is 15.5. The molecular weight excluding hydrogens is 701 g/mol. The van der Waals surface area contributed by atoms with Crippen LogP contribution in [0.5, 0.6) is 5.75 Å². The van der Waals surface area contributed by atoms with E-state index >= 15 is 0 Å². The van der Waals surface area contributed by atoms with Crippen molar-refractivity contribution in [3.8, 4) is 5.75 Å². The Kier molecular flexibility index (Phi) is 7.08. The minimum Gasteiger partial charge on any atom is -0.489 e. The van der Waals surface area contributed by atoms with E-state index in [2.05, 4.69) is 20.9 Å². The SMILES string of the molecule is Cc1ccccc1COc1ccc(Br)cc1C1c2sc(=O)[nH]c2SC2C1[C@H]1C[C@@H]2C2C(=O)N(c3cccc(C(F)(F)F)c3)C(=O)C21. The monoisotopic (exact) mass is 726 g/mol. The summed E-state index contributed by atoms with van der Waals surface area (Å²) in [5, 5.41) is 0.692. The standard InChI is InChI=1S/C34H26BrF3N2O4S2/c1-15-5-2-3-6-16(15)14-44-23-10-9-18(35)12-20(23)24-25-21-13-22(28(25)45-30-29(24)46-33(43)39-30)27-26(21)31(41)40(32(27)42)19-8-4-7-17(11-19)34(36,37)38/h2-12,21-22,24-28H,13-14H2,1H3,(H,39,43)/t21-,22-,24?,25?,26?,27?,28?/m1/s1. The number of fused-ring (bicyclic) bond motifs is 9. The summed E-state index contributed by atoms with van der Waals surface area (Å²) >= 11 is 6.35. The Morgan fingerprint density at radius 2 is 1.74 bits per heavy atom. The molecule has 3 heterocycles. The number of alkyl halides is 3. The van der Waals surface area contributed by atoms with Crippen LogP contribution in [0.15, 0.2) is 81.0 Å². The first-order valence-electron chi connectivity index (χ1n) is 14.9. The molecule has 7 atom stereocenters. The van der Waals surface area contributed by atoms with Crippen molar-refractivity contribution in [2.75, 3.05) is 4.90 Å². The van der Waals surface area contributed by atoms with E-state index in [0.717, 1.165) is 59.4 Å². The number of hydrogen-bond acceptors (Lipinski definition) is 6. The zero-order valence-corrected chi connectivity index (χ0v) is 27.4. The molecule has 5 unspecified atom stereocenters. The molecule has 2 bridgehead atoms. The molecule has 12 heteroatoms. The topological polar surface area (TPSA) is 79.5 Å². The molecule has 236 valence electrons. The molecule has 2 amide bonds. The van der Waals surface area contributed by atoms with Crippen molar-refractivity contribution in [3.05, 3.63) is 108 Å².